The Balaban J connectivity index is 1.49. The summed E-state index contributed by atoms with van der Waals surface area (Å²) in [5, 5.41) is 0.624. The fourth-order valence-electron chi connectivity index (χ4n) is 4.35. The van der Waals surface area contributed by atoms with Gasteiger partial charge in [0.15, 0.2) is 9.84 Å². The molecule has 4 aliphatic rings. The maximum Gasteiger partial charge on any atom is 0.175 e. The first-order valence-corrected chi connectivity index (χ1v) is 12.4. The Labute approximate surface area is 161 Å². The number of piperazine rings is 3. The van der Waals surface area contributed by atoms with Gasteiger partial charge >= 0.3 is 0 Å². The molecule has 4 heterocycles. The Morgan fingerprint density at radius 3 is 2.58 bits per heavy atom. The third-order valence-electron chi connectivity index (χ3n) is 5.84. The lowest BCUT2D eigenvalue weighted by Gasteiger charge is -2.52. The third-order valence-corrected chi connectivity index (χ3v) is 8.54. The van der Waals surface area contributed by atoms with Crippen LogP contribution in [0.25, 0.3) is 0 Å². The van der Waals surface area contributed by atoms with Crippen molar-refractivity contribution in [1.82, 2.24) is 9.80 Å². The maximum absolute atomic E-state index is 11.7. The molecule has 1 aromatic rings. The van der Waals surface area contributed by atoms with Crippen LogP contribution in [-0.4, -0.2) is 74.0 Å². The van der Waals surface area contributed by atoms with Gasteiger partial charge in [0.1, 0.15) is 6.23 Å². The van der Waals surface area contributed by atoms with E-state index in [1.54, 1.807) is 12.1 Å². The lowest BCUT2D eigenvalue weighted by atomic mass is 9.99. The minimum Gasteiger partial charge on any atom is -0.358 e. The number of sulfone groups is 1. The van der Waals surface area contributed by atoms with Crippen molar-refractivity contribution in [3.8, 4) is 0 Å². The predicted molar refractivity (Wildman–Crippen MR) is 105 cm³/mol. The molecule has 5 rings (SSSR count). The second-order valence-corrected chi connectivity index (χ2v) is 11.1. The SMILES string of the molecule is C[C@@H](OC1CN2CCN1C(c1ccc(S(C)(=O)=O)cc1)C2)C1CCCS1. The van der Waals surface area contributed by atoms with Gasteiger partial charge in [-0.1, -0.05) is 12.1 Å². The summed E-state index contributed by atoms with van der Waals surface area (Å²) in [6.07, 6.45) is 4.23. The molecule has 4 fully saturated rings. The predicted octanol–water partition coefficient (Wildman–Crippen LogP) is 2.39. The van der Waals surface area contributed by atoms with Gasteiger partial charge in [-0.2, -0.15) is 11.8 Å². The molecule has 4 aliphatic heterocycles. The van der Waals surface area contributed by atoms with Gasteiger partial charge in [0.2, 0.25) is 0 Å². The van der Waals surface area contributed by atoms with E-state index >= 15 is 0 Å². The molecule has 26 heavy (non-hydrogen) atoms. The van der Waals surface area contributed by atoms with Gasteiger partial charge in [-0.15, -0.1) is 0 Å². The molecular formula is C19H28N2O3S2. The molecule has 144 valence electrons. The molecule has 0 aromatic heterocycles. The number of fused-ring (bicyclic) bond motifs is 3. The monoisotopic (exact) mass is 396 g/mol. The van der Waals surface area contributed by atoms with Crippen molar-refractivity contribution in [3.05, 3.63) is 29.8 Å². The molecule has 4 saturated heterocycles. The Hall–Kier alpha value is -0.600. The van der Waals surface area contributed by atoms with Crippen LogP contribution in [-0.2, 0) is 14.6 Å². The van der Waals surface area contributed by atoms with E-state index in [-0.39, 0.29) is 18.4 Å². The van der Waals surface area contributed by atoms with Gasteiger partial charge < -0.3 is 4.74 Å². The molecule has 2 bridgehead atoms. The van der Waals surface area contributed by atoms with Crippen molar-refractivity contribution in [2.45, 2.75) is 48.3 Å². The minimum absolute atomic E-state index is 0.133. The van der Waals surface area contributed by atoms with Crippen LogP contribution in [0.1, 0.15) is 31.4 Å². The summed E-state index contributed by atoms with van der Waals surface area (Å²) in [7, 11) is -3.15. The second-order valence-electron chi connectivity index (χ2n) is 7.70. The topological polar surface area (TPSA) is 49.9 Å². The highest BCUT2D eigenvalue weighted by atomic mass is 32.2. The molecule has 0 aliphatic carbocycles. The number of nitrogens with zero attached hydrogens (tertiary/aromatic N) is 2. The van der Waals surface area contributed by atoms with Crippen LogP contribution in [0.3, 0.4) is 0 Å². The highest BCUT2D eigenvalue weighted by molar-refractivity contribution is 8.00. The molecule has 0 saturated carbocycles. The molecule has 6 atom stereocenters. The summed E-state index contributed by atoms with van der Waals surface area (Å²) in [6, 6.07) is 7.68. The molecular weight excluding hydrogens is 368 g/mol. The van der Waals surface area contributed by atoms with Gasteiger partial charge in [-0.3, -0.25) is 9.80 Å². The summed E-state index contributed by atoms with van der Waals surface area (Å²) < 4.78 is 29.9. The summed E-state index contributed by atoms with van der Waals surface area (Å²) in [6.45, 7) is 6.28. The highest BCUT2D eigenvalue weighted by Gasteiger charge is 2.41. The number of thioether (sulfide) groups is 1. The van der Waals surface area contributed by atoms with Gasteiger partial charge in [-0.25, -0.2) is 8.42 Å². The molecule has 0 spiro atoms. The van der Waals surface area contributed by atoms with Crippen LogP contribution in [0.2, 0.25) is 0 Å². The Kier molecular flexibility index (Phi) is 5.36. The number of benzene rings is 1. The lowest BCUT2D eigenvalue weighted by molar-refractivity contribution is -0.176. The van der Waals surface area contributed by atoms with Crippen LogP contribution in [0, 0.1) is 0 Å². The van der Waals surface area contributed by atoms with Gasteiger partial charge in [-0.05, 0) is 43.2 Å². The molecule has 0 amide bonds. The van der Waals surface area contributed by atoms with Crippen molar-refractivity contribution in [2.75, 3.05) is 38.2 Å². The van der Waals surface area contributed by atoms with Crippen LogP contribution in [0.4, 0.5) is 0 Å². The summed E-state index contributed by atoms with van der Waals surface area (Å²) >= 11 is 2.05. The van der Waals surface area contributed by atoms with E-state index < -0.39 is 9.84 Å². The van der Waals surface area contributed by atoms with E-state index in [2.05, 4.69) is 16.7 Å². The fourth-order valence-corrected chi connectivity index (χ4v) is 6.29. The lowest BCUT2D eigenvalue weighted by Crippen LogP contribution is -2.63. The standard InChI is InChI=1S/C19H28N2O3S2/c1-14(18-4-3-11-25-18)24-19-13-20-9-10-21(19)17(12-20)15-5-7-16(8-6-15)26(2,22)23/h5-8,14,17-19H,3-4,9-13H2,1-2H3/t14-,17?,18?,19?/m1/s1. The van der Waals surface area contributed by atoms with E-state index in [1.165, 1.54) is 30.4 Å². The molecule has 7 heteroatoms. The largest absolute Gasteiger partial charge is 0.358 e. The van der Waals surface area contributed by atoms with Gasteiger partial charge in [0.05, 0.1) is 17.0 Å². The van der Waals surface area contributed by atoms with E-state index in [9.17, 15) is 8.42 Å². The normalized spacial score (nSPS) is 35.5. The van der Waals surface area contributed by atoms with Crippen molar-refractivity contribution >= 4 is 21.6 Å². The first-order valence-electron chi connectivity index (χ1n) is 9.47. The zero-order valence-corrected chi connectivity index (χ0v) is 17.1. The molecule has 0 N–H and O–H groups in total. The van der Waals surface area contributed by atoms with E-state index in [0.29, 0.717) is 10.1 Å². The number of hydrogen-bond acceptors (Lipinski definition) is 6. The highest BCUT2D eigenvalue weighted by Crippen LogP contribution is 2.36. The molecule has 5 unspecified atom stereocenters. The third kappa shape index (κ3) is 3.83. The quantitative estimate of drug-likeness (QED) is 0.762. The molecule has 0 radical (unpaired) electrons. The number of rotatable bonds is 5. The van der Waals surface area contributed by atoms with Crippen LogP contribution >= 0.6 is 11.8 Å². The van der Waals surface area contributed by atoms with Crippen molar-refractivity contribution < 1.29 is 13.2 Å². The first-order chi connectivity index (χ1) is 12.4. The van der Waals surface area contributed by atoms with Gasteiger partial charge in [0, 0.05) is 37.7 Å². The Morgan fingerprint density at radius 1 is 1.19 bits per heavy atom. The summed E-state index contributed by atoms with van der Waals surface area (Å²) in [5.74, 6) is 1.26. The second kappa shape index (κ2) is 7.43. The zero-order chi connectivity index (χ0) is 18.3. The summed E-state index contributed by atoms with van der Waals surface area (Å²) in [4.78, 5) is 5.34. The van der Waals surface area contributed by atoms with Crippen LogP contribution in [0.5, 0.6) is 0 Å². The zero-order valence-electron chi connectivity index (χ0n) is 15.5. The van der Waals surface area contributed by atoms with E-state index in [1.807, 2.05) is 23.9 Å². The Bertz CT molecular complexity index is 732. The Morgan fingerprint density at radius 2 is 1.96 bits per heavy atom. The smallest absolute Gasteiger partial charge is 0.175 e. The first kappa shape index (κ1) is 18.7. The number of hydrogen-bond donors (Lipinski definition) is 0. The molecule has 1 aromatic carbocycles. The summed E-state index contributed by atoms with van der Waals surface area (Å²) in [5.41, 5.74) is 1.18. The van der Waals surface area contributed by atoms with Crippen LogP contribution in [0.15, 0.2) is 29.2 Å². The average Bonchev–Trinajstić information content (AvgIpc) is 3.16. The van der Waals surface area contributed by atoms with Crippen molar-refractivity contribution in [2.24, 2.45) is 0 Å². The van der Waals surface area contributed by atoms with Crippen molar-refractivity contribution in [1.29, 1.82) is 0 Å². The van der Waals surface area contributed by atoms with Crippen molar-refractivity contribution in [3.63, 3.8) is 0 Å². The van der Waals surface area contributed by atoms with E-state index in [4.69, 9.17) is 4.74 Å². The minimum atomic E-state index is -3.15. The average molecular weight is 397 g/mol. The maximum atomic E-state index is 11.7. The molecule has 5 nitrogen and oxygen atoms in total. The fraction of sp³-hybridized carbons (Fsp3) is 0.684. The van der Waals surface area contributed by atoms with E-state index in [0.717, 1.165) is 26.2 Å². The van der Waals surface area contributed by atoms with Crippen LogP contribution < -0.4 is 0 Å². The van der Waals surface area contributed by atoms with Gasteiger partial charge in [0.25, 0.3) is 0 Å². The number of ether oxygens (including phenoxy) is 1.